The smallest absolute Gasteiger partial charge is 0.349 e. The van der Waals surface area contributed by atoms with Crippen molar-refractivity contribution in [3.8, 4) is 0 Å². The molecular weight excluding hydrogens is 737 g/mol. The molecule has 0 heterocycles. The van der Waals surface area contributed by atoms with Crippen molar-refractivity contribution in [3.63, 3.8) is 0 Å². The van der Waals surface area contributed by atoms with Gasteiger partial charge in [-0.1, -0.05) is 30.3 Å². The number of rotatable bonds is 10. The lowest BCUT2D eigenvalue weighted by molar-refractivity contribution is -0.392. The van der Waals surface area contributed by atoms with E-state index in [-0.39, 0.29) is 67.1 Å². The van der Waals surface area contributed by atoms with E-state index in [1.54, 1.807) is 0 Å². The molecule has 52 heavy (non-hydrogen) atoms. The predicted molar refractivity (Wildman–Crippen MR) is 165 cm³/mol. The zero-order valence-electron chi connectivity index (χ0n) is 27.3. The molecule has 0 amide bonds. The maximum Gasteiger partial charge on any atom is 0.430 e. The summed E-state index contributed by atoms with van der Waals surface area (Å²) in [6.07, 6.45) is -13.7. The van der Waals surface area contributed by atoms with Crippen LogP contribution in [0.4, 0.5) is 48.3 Å². The van der Waals surface area contributed by atoms with Gasteiger partial charge in [0.15, 0.2) is 9.84 Å². The molecule has 0 N–H and O–H groups in total. The summed E-state index contributed by atoms with van der Waals surface area (Å²) in [6.45, 7) is -1.77. The largest absolute Gasteiger partial charge is 0.430 e. The third kappa shape index (κ3) is 7.46. The van der Waals surface area contributed by atoms with E-state index in [1.807, 2.05) is 0 Å². The second-order valence-electron chi connectivity index (χ2n) is 13.4. The lowest BCUT2D eigenvalue weighted by Crippen LogP contribution is -2.56. The summed E-state index contributed by atoms with van der Waals surface area (Å²) in [6, 6.07) is 8.16. The second kappa shape index (κ2) is 14.4. The molecule has 0 bridgehead atoms. The fraction of sp³-hybridized carbons (Fsp3) is 0.472. The van der Waals surface area contributed by atoms with Crippen LogP contribution in [-0.2, 0) is 36.3 Å². The number of Topliss-reactive ketones (excluding diaryl/α,β-unsaturated/α-hetero) is 1. The van der Waals surface area contributed by atoms with Crippen LogP contribution >= 0.6 is 0 Å². The number of hydrogen-bond acceptors (Lipinski definition) is 4. The van der Waals surface area contributed by atoms with Crippen molar-refractivity contribution in [1.29, 1.82) is 0 Å². The fourth-order valence-electron chi connectivity index (χ4n) is 7.31. The van der Waals surface area contributed by atoms with Gasteiger partial charge in [0.2, 0.25) is 5.92 Å². The average molecular weight is 771 g/mol. The first-order chi connectivity index (χ1) is 24.1. The Balaban J connectivity index is 1.50. The third-order valence-electron chi connectivity index (χ3n) is 10.3. The molecule has 0 aromatic heterocycles. The minimum Gasteiger partial charge on any atom is -0.349 e. The van der Waals surface area contributed by atoms with Crippen molar-refractivity contribution in [2.45, 2.75) is 97.9 Å². The van der Waals surface area contributed by atoms with E-state index in [0.717, 1.165) is 42.5 Å². The monoisotopic (exact) mass is 770 g/mol. The topological polar surface area (TPSA) is 60.4 Å². The van der Waals surface area contributed by atoms with Gasteiger partial charge in [-0.3, -0.25) is 4.79 Å². The standard InChI is InChI=1S/C36H33F11O4S/c37-26-8-10-27(11-9-26)52(49,50)32(16-12-22(13-17-32)20-31(48)23-14-18-33(40,41)19-15-23)24-4-6-25(7-5-24)34(35(42,43)44,36(45,46)47)51-21-28-29(38)2-1-3-30(28)39/h1-11,22-23H,12-21H2. The number of sulfone groups is 1. The highest BCUT2D eigenvalue weighted by molar-refractivity contribution is 7.92. The molecule has 4 nitrogen and oxygen atoms in total. The molecule has 0 radical (unpaired) electrons. The first kappa shape index (κ1) is 39.7. The molecule has 2 fully saturated rings. The normalized spacial score (nSPS) is 21.9. The van der Waals surface area contributed by atoms with Crippen LogP contribution < -0.4 is 0 Å². The Morgan fingerprint density at radius 3 is 1.75 bits per heavy atom. The van der Waals surface area contributed by atoms with Crippen molar-refractivity contribution in [2.75, 3.05) is 0 Å². The fourth-order valence-corrected chi connectivity index (χ4v) is 9.47. The van der Waals surface area contributed by atoms with E-state index in [0.29, 0.717) is 24.3 Å². The van der Waals surface area contributed by atoms with Gasteiger partial charge in [-0.2, -0.15) is 26.3 Å². The Bertz CT molecular complexity index is 1800. The van der Waals surface area contributed by atoms with E-state index in [2.05, 4.69) is 4.74 Å². The van der Waals surface area contributed by atoms with Gasteiger partial charge in [0, 0.05) is 36.3 Å². The lowest BCUT2D eigenvalue weighted by atomic mass is 9.74. The van der Waals surface area contributed by atoms with Gasteiger partial charge in [-0.25, -0.2) is 30.4 Å². The number of halogens is 11. The quantitative estimate of drug-likeness (QED) is 0.152. The van der Waals surface area contributed by atoms with Crippen molar-refractivity contribution in [3.05, 3.63) is 101 Å². The molecule has 3 aromatic rings. The number of carbonyl (C=O) groups excluding carboxylic acids is 1. The van der Waals surface area contributed by atoms with E-state index < -0.39 is 92.4 Å². The van der Waals surface area contributed by atoms with Gasteiger partial charge in [0.05, 0.1) is 11.5 Å². The zero-order chi connectivity index (χ0) is 38.3. The van der Waals surface area contributed by atoms with E-state index in [9.17, 15) is 61.5 Å². The maximum absolute atomic E-state index is 14.5. The molecule has 284 valence electrons. The number of ether oxygens (including phenoxy) is 1. The van der Waals surface area contributed by atoms with E-state index >= 15 is 0 Å². The number of benzene rings is 3. The SMILES string of the molecule is O=C(CC1CCC(c2ccc(C(OCc3c(F)cccc3F)(C(F)(F)F)C(F)(F)F)cc2)(S(=O)(=O)c2ccc(F)cc2)CC1)C1CCC(F)(F)CC1. The van der Waals surface area contributed by atoms with Crippen LogP contribution in [0.1, 0.15) is 74.5 Å². The van der Waals surface area contributed by atoms with Crippen LogP contribution in [0.15, 0.2) is 71.6 Å². The number of hydrogen-bond donors (Lipinski definition) is 0. The summed E-state index contributed by atoms with van der Waals surface area (Å²) >= 11 is 0. The summed E-state index contributed by atoms with van der Waals surface area (Å²) in [7, 11) is -4.53. The van der Waals surface area contributed by atoms with Crippen molar-refractivity contribution in [2.24, 2.45) is 11.8 Å². The molecule has 0 aliphatic heterocycles. The number of ketones is 1. The molecule has 2 aliphatic carbocycles. The van der Waals surface area contributed by atoms with Crippen LogP contribution in [0.5, 0.6) is 0 Å². The Kier molecular flexibility index (Phi) is 11.0. The van der Waals surface area contributed by atoms with Crippen LogP contribution in [0.3, 0.4) is 0 Å². The Morgan fingerprint density at radius 1 is 0.731 bits per heavy atom. The molecule has 2 aliphatic rings. The van der Waals surface area contributed by atoms with Crippen LogP contribution in [0, 0.1) is 29.3 Å². The molecule has 0 unspecified atom stereocenters. The van der Waals surface area contributed by atoms with Crippen molar-refractivity contribution < 1.29 is 66.2 Å². The van der Waals surface area contributed by atoms with Crippen molar-refractivity contribution in [1.82, 2.24) is 0 Å². The highest BCUT2D eigenvalue weighted by atomic mass is 32.2. The Labute approximate surface area is 292 Å². The molecular formula is C36H33F11O4S. The Morgan fingerprint density at radius 2 is 1.25 bits per heavy atom. The molecule has 5 rings (SSSR count). The highest BCUT2D eigenvalue weighted by Crippen LogP contribution is 2.55. The molecule has 0 atom stereocenters. The summed E-state index contributed by atoms with van der Waals surface area (Å²) in [5, 5.41) is 0. The van der Waals surface area contributed by atoms with Gasteiger partial charge >= 0.3 is 12.4 Å². The number of alkyl halides is 8. The first-order valence-electron chi connectivity index (χ1n) is 16.4. The Hall–Kier alpha value is -3.53. The first-order valence-corrected chi connectivity index (χ1v) is 17.8. The molecule has 3 aromatic carbocycles. The summed E-state index contributed by atoms with van der Waals surface area (Å²) < 4.78 is 188. The average Bonchev–Trinajstić information content (AvgIpc) is 3.05. The van der Waals surface area contributed by atoms with Gasteiger partial charge in [-0.15, -0.1) is 0 Å². The van der Waals surface area contributed by atoms with Gasteiger partial charge in [-0.05, 0) is 86.4 Å². The van der Waals surface area contributed by atoms with Crippen molar-refractivity contribution >= 4 is 15.6 Å². The lowest BCUT2D eigenvalue weighted by Gasteiger charge is -2.41. The minimum absolute atomic E-state index is 0.00404. The molecule has 0 saturated heterocycles. The minimum atomic E-state index is -6.23. The van der Waals surface area contributed by atoms with E-state index in [1.165, 1.54) is 0 Å². The maximum atomic E-state index is 14.5. The highest BCUT2D eigenvalue weighted by Gasteiger charge is 2.73. The van der Waals surface area contributed by atoms with Gasteiger partial charge < -0.3 is 4.74 Å². The zero-order valence-corrected chi connectivity index (χ0v) is 28.1. The predicted octanol–water partition coefficient (Wildman–Crippen LogP) is 10.3. The summed E-state index contributed by atoms with van der Waals surface area (Å²) in [5.74, 6) is -7.73. The summed E-state index contributed by atoms with van der Waals surface area (Å²) in [5.41, 5.74) is -8.02. The number of carbonyl (C=O) groups is 1. The second-order valence-corrected chi connectivity index (χ2v) is 15.7. The van der Waals surface area contributed by atoms with Crippen LogP contribution in [-0.4, -0.2) is 32.5 Å². The van der Waals surface area contributed by atoms with Gasteiger partial charge in [0.1, 0.15) is 28.0 Å². The molecule has 16 heteroatoms. The van der Waals surface area contributed by atoms with E-state index in [4.69, 9.17) is 0 Å². The molecule has 0 spiro atoms. The van der Waals surface area contributed by atoms with Gasteiger partial charge in [0.25, 0.3) is 5.60 Å². The molecule has 2 saturated carbocycles. The van der Waals surface area contributed by atoms with Crippen LogP contribution in [0.25, 0.3) is 0 Å². The third-order valence-corrected chi connectivity index (χ3v) is 12.9. The summed E-state index contributed by atoms with van der Waals surface area (Å²) in [4.78, 5) is 12.6. The van der Waals surface area contributed by atoms with Crippen LogP contribution in [0.2, 0.25) is 0 Å².